The molecule has 1 atom stereocenters. The summed E-state index contributed by atoms with van der Waals surface area (Å²) in [5, 5.41) is 0.544. The lowest BCUT2D eigenvalue weighted by Crippen LogP contribution is -2.48. The van der Waals surface area contributed by atoms with Gasteiger partial charge in [0.25, 0.3) is 5.91 Å². The highest BCUT2D eigenvalue weighted by molar-refractivity contribution is 6.30. The second-order valence-electron chi connectivity index (χ2n) is 10.7. The van der Waals surface area contributed by atoms with Crippen LogP contribution in [-0.4, -0.2) is 67.5 Å². The van der Waals surface area contributed by atoms with Crippen molar-refractivity contribution in [3.05, 3.63) is 106 Å². The number of piperazine rings is 1. The number of esters is 1. The van der Waals surface area contributed by atoms with E-state index in [-0.39, 0.29) is 31.4 Å². The lowest BCUT2D eigenvalue weighted by atomic mass is 9.83. The Hall–Kier alpha value is -4.30. The topological polar surface area (TPSA) is 79.4 Å². The highest BCUT2D eigenvalue weighted by Crippen LogP contribution is 2.38. The minimum Gasteiger partial charge on any atom is -0.497 e. The molecule has 1 fully saturated rings. The number of hydrogen-bond donors (Lipinski definition) is 0. The predicted octanol–water partition coefficient (Wildman–Crippen LogP) is 5.66. The third-order valence-corrected chi connectivity index (χ3v) is 8.35. The summed E-state index contributed by atoms with van der Waals surface area (Å²) in [7, 11) is 1.65. The van der Waals surface area contributed by atoms with Crippen LogP contribution in [-0.2, 0) is 20.9 Å². The van der Waals surface area contributed by atoms with Crippen molar-refractivity contribution in [2.75, 3.05) is 44.8 Å². The largest absolute Gasteiger partial charge is 0.497 e. The van der Waals surface area contributed by atoms with E-state index in [4.69, 9.17) is 21.1 Å². The Balaban J connectivity index is 1.27. The average molecular weight is 602 g/mol. The number of allylic oxidation sites excluding steroid dienone is 1. The number of hydrogen-bond acceptors (Lipinski definition) is 6. The van der Waals surface area contributed by atoms with Crippen LogP contribution in [0.5, 0.6) is 5.75 Å². The average Bonchev–Trinajstić information content (AvgIpc) is 3.03. The van der Waals surface area contributed by atoms with Crippen LogP contribution in [0.15, 0.2) is 84.1 Å². The minimum atomic E-state index is -0.438. The number of anilines is 1. The Labute approximate surface area is 257 Å². The van der Waals surface area contributed by atoms with Gasteiger partial charge in [-0.05, 0) is 73.5 Å². The first-order valence-electron chi connectivity index (χ1n) is 14.5. The summed E-state index contributed by atoms with van der Waals surface area (Å²) in [5.74, 6) is -0.161. The fourth-order valence-electron chi connectivity index (χ4n) is 5.76. The molecule has 8 nitrogen and oxygen atoms in total. The summed E-state index contributed by atoms with van der Waals surface area (Å²) in [5.41, 5.74) is 4.40. The first-order chi connectivity index (χ1) is 20.8. The van der Waals surface area contributed by atoms with E-state index in [1.807, 2.05) is 65.6 Å². The fourth-order valence-corrected chi connectivity index (χ4v) is 5.96. The van der Waals surface area contributed by atoms with Crippen molar-refractivity contribution >= 4 is 35.1 Å². The van der Waals surface area contributed by atoms with E-state index in [0.717, 1.165) is 35.7 Å². The summed E-state index contributed by atoms with van der Waals surface area (Å²) in [4.78, 5) is 45.5. The van der Waals surface area contributed by atoms with E-state index in [9.17, 15) is 14.4 Å². The van der Waals surface area contributed by atoms with E-state index >= 15 is 0 Å². The monoisotopic (exact) mass is 601 g/mol. The van der Waals surface area contributed by atoms with Gasteiger partial charge in [0.15, 0.2) is 0 Å². The first-order valence-corrected chi connectivity index (χ1v) is 14.9. The smallest absolute Gasteiger partial charge is 0.336 e. The number of rotatable bonds is 8. The molecule has 2 aliphatic rings. The molecule has 224 valence electrons. The van der Waals surface area contributed by atoms with Gasteiger partial charge < -0.3 is 24.2 Å². The van der Waals surface area contributed by atoms with Crippen molar-refractivity contribution in [1.82, 2.24) is 9.80 Å². The van der Waals surface area contributed by atoms with Crippen LogP contribution in [0.1, 0.15) is 47.7 Å². The van der Waals surface area contributed by atoms with Crippen LogP contribution in [0, 0.1) is 0 Å². The van der Waals surface area contributed by atoms with Crippen molar-refractivity contribution in [3.63, 3.8) is 0 Å². The van der Waals surface area contributed by atoms with Gasteiger partial charge in [0.1, 0.15) is 5.75 Å². The molecule has 0 N–H and O–H groups in total. The van der Waals surface area contributed by atoms with Crippen molar-refractivity contribution in [2.45, 2.75) is 32.7 Å². The summed E-state index contributed by atoms with van der Waals surface area (Å²) in [6, 6.07) is 22.6. The number of benzene rings is 3. The van der Waals surface area contributed by atoms with Crippen LogP contribution in [0.3, 0.4) is 0 Å². The quantitative estimate of drug-likeness (QED) is 0.310. The molecular formula is C34H36ClN3O5. The fraction of sp³-hybridized carbons (Fsp3) is 0.324. The predicted molar refractivity (Wildman–Crippen MR) is 166 cm³/mol. The molecule has 2 aliphatic heterocycles. The second-order valence-corrected chi connectivity index (χ2v) is 11.1. The van der Waals surface area contributed by atoms with Gasteiger partial charge in [-0.15, -0.1) is 0 Å². The molecule has 1 unspecified atom stereocenters. The van der Waals surface area contributed by atoms with Gasteiger partial charge in [0.2, 0.25) is 5.91 Å². The molecule has 0 aliphatic carbocycles. The van der Waals surface area contributed by atoms with E-state index < -0.39 is 11.9 Å². The molecule has 5 rings (SSSR count). The van der Waals surface area contributed by atoms with Crippen LogP contribution in [0.25, 0.3) is 0 Å². The third-order valence-electron chi connectivity index (χ3n) is 8.12. The Morgan fingerprint density at radius 2 is 1.65 bits per heavy atom. The molecule has 3 aromatic carbocycles. The normalized spacial score (nSPS) is 17.3. The zero-order valence-electron chi connectivity index (χ0n) is 24.7. The molecule has 0 spiro atoms. The van der Waals surface area contributed by atoms with Crippen molar-refractivity contribution in [1.29, 1.82) is 0 Å². The summed E-state index contributed by atoms with van der Waals surface area (Å²) in [6.07, 6.45) is 0.130. The lowest BCUT2D eigenvalue weighted by molar-refractivity contribution is -0.140. The van der Waals surface area contributed by atoms with Gasteiger partial charge >= 0.3 is 5.97 Å². The second kappa shape index (κ2) is 13.3. The number of halogens is 1. The van der Waals surface area contributed by atoms with Crippen LogP contribution in [0.2, 0.25) is 5.02 Å². The number of carbonyl (C=O) groups excluding carboxylic acids is 3. The minimum absolute atomic E-state index is 0.0139. The molecule has 2 heterocycles. The Bertz CT molecular complexity index is 1510. The SMILES string of the molecule is CCOC(=O)C1=C(C)N(Cc2ccc(C(=O)N3CCN(c4ccc(OC)cc4)CC3)cc2)C(=O)CC1c1cccc(Cl)c1. The maximum Gasteiger partial charge on any atom is 0.336 e. The van der Waals surface area contributed by atoms with Crippen molar-refractivity contribution < 1.29 is 23.9 Å². The number of amides is 2. The van der Waals surface area contributed by atoms with Gasteiger partial charge in [-0.25, -0.2) is 4.79 Å². The van der Waals surface area contributed by atoms with E-state index in [1.165, 1.54) is 0 Å². The third kappa shape index (κ3) is 6.70. The van der Waals surface area contributed by atoms with E-state index in [1.54, 1.807) is 38.0 Å². The number of methoxy groups -OCH3 is 1. The molecular weight excluding hydrogens is 566 g/mol. The summed E-state index contributed by atoms with van der Waals surface area (Å²) in [6.45, 7) is 6.81. The zero-order chi connectivity index (χ0) is 30.5. The van der Waals surface area contributed by atoms with Crippen LogP contribution < -0.4 is 9.64 Å². The molecule has 3 aromatic rings. The molecule has 2 amide bonds. The molecule has 0 radical (unpaired) electrons. The maximum atomic E-state index is 13.4. The van der Waals surface area contributed by atoms with Crippen LogP contribution in [0.4, 0.5) is 5.69 Å². The molecule has 0 bridgehead atoms. The standard InChI is InChI=1S/C34H36ClN3O5/c1-4-43-34(41)32-23(2)38(31(39)21-30(32)26-6-5-7-27(35)20-26)22-24-8-10-25(11-9-24)33(40)37-18-16-36(17-19-37)28-12-14-29(42-3)15-13-28/h5-15,20,30H,4,16-19,21-22H2,1-3H3. The van der Waals surface area contributed by atoms with Gasteiger partial charge in [-0.3, -0.25) is 9.59 Å². The van der Waals surface area contributed by atoms with Crippen molar-refractivity contribution in [3.8, 4) is 5.75 Å². The van der Waals surface area contributed by atoms with Gasteiger partial charge in [0.05, 0.1) is 25.8 Å². The zero-order valence-corrected chi connectivity index (χ0v) is 25.5. The van der Waals surface area contributed by atoms with Crippen molar-refractivity contribution in [2.24, 2.45) is 0 Å². The Morgan fingerprint density at radius 1 is 0.953 bits per heavy atom. The highest BCUT2D eigenvalue weighted by atomic mass is 35.5. The van der Waals surface area contributed by atoms with E-state index in [0.29, 0.717) is 34.9 Å². The maximum absolute atomic E-state index is 13.4. The van der Waals surface area contributed by atoms with Gasteiger partial charge in [0, 0.05) is 60.5 Å². The molecule has 9 heteroatoms. The molecule has 0 aromatic heterocycles. The first kappa shape index (κ1) is 30.2. The van der Waals surface area contributed by atoms with Gasteiger partial charge in [-0.2, -0.15) is 0 Å². The lowest BCUT2D eigenvalue weighted by Gasteiger charge is -2.36. The molecule has 0 saturated carbocycles. The van der Waals surface area contributed by atoms with E-state index in [2.05, 4.69) is 4.90 Å². The summed E-state index contributed by atoms with van der Waals surface area (Å²) >= 11 is 6.23. The highest BCUT2D eigenvalue weighted by Gasteiger charge is 2.37. The molecule has 43 heavy (non-hydrogen) atoms. The Morgan fingerprint density at radius 3 is 2.28 bits per heavy atom. The number of nitrogens with zero attached hydrogens (tertiary/aromatic N) is 3. The summed E-state index contributed by atoms with van der Waals surface area (Å²) < 4.78 is 10.6. The van der Waals surface area contributed by atoms with Crippen LogP contribution >= 0.6 is 11.6 Å². The number of ether oxygens (including phenoxy) is 2. The Kier molecular flexibility index (Phi) is 9.36. The number of carbonyl (C=O) groups is 3. The van der Waals surface area contributed by atoms with Gasteiger partial charge in [-0.1, -0.05) is 35.9 Å². The molecule has 1 saturated heterocycles.